The Kier molecular flexibility index (Phi) is 5.37. The summed E-state index contributed by atoms with van der Waals surface area (Å²) in [4.78, 5) is 23.9. The van der Waals surface area contributed by atoms with Crippen molar-refractivity contribution in [2.45, 2.75) is 25.5 Å². The number of amides is 1. The summed E-state index contributed by atoms with van der Waals surface area (Å²) in [5.74, 6) is -0.197. The lowest BCUT2D eigenvalue weighted by molar-refractivity contribution is -0.124. The number of aromatic nitrogens is 1. The van der Waals surface area contributed by atoms with Crippen LogP contribution in [-0.4, -0.2) is 28.0 Å². The van der Waals surface area contributed by atoms with Crippen LogP contribution in [0.2, 0.25) is 0 Å². The van der Waals surface area contributed by atoms with Crippen molar-refractivity contribution in [2.24, 2.45) is 5.16 Å². The fraction of sp³-hybridized carbons (Fsp3) is 0.263. The van der Waals surface area contributed by atoms with E-state index in [1.54, 1.807) is 17.3 Å². The molecule has 0 N–H and O–H groups in total. The first-order valence-corrected chi connectivity index (χ1v) is 8.10. The average molecular weight is 334 g/mol. The zero-order chi connectivity index (χ0) is 17.5. The average Bonchev–Trinajstić information content (AvgIpc) is 3.16. The minimum Gasteiger partial charge on any atom is -0.387 e. The third-order valence-electron chi connectivity index (χ3n) is 3.96. The predicted molar refractivity (Wildman–Crippen MR) is 92.2 cm³/mol. The van der Waals surface area contributed by atoms with Crippen LogP contribution in [0.3, 0.4) is 0 Å². The number of nitriles is 1. The Balaban J connectivity index is 1.69. The molecule has 2 aromatic rings. The van der Waals surface area contributed by atoms with E-state index in [1.165, 1.54) is 0 Å². The van der Waals surface area contributed by atoms with Gasteiger partial charge in [-0.05, 0) is 17.2 Å². The van der Waals surface area contributed by atoms with Crippen LogP contribution in [-0.2, 0) is 16.2 Å². The SMILES string of the molecule is N#CCCN(Cc1cccnc1)C(=O)C1=NO[C@H](c2ccccc2)C1. The van der Waals surface area contributed by atoms with Crippen molar-refractivity contribution in [1.82, 2.24) is 9.88 Å². The number of nitrogens with zero attached hydrogens (tertiary/aromatic N) is 4. The van der Waals surface area contributed by atoms with Crippen molar-refractivity contribution in [1.29, 1.82) is 5.26 Å². The maximum absolute atomic E-state index is 12.8. The highest BCUT2D eigenvalue weighted by molar-refractivity contribution is 6.39. The lowest BCUT2D eigenvalue weighted by Gasteiger charge is -2.21. The lowest BCUT2D eigenvalue weighted by atomic mass is 10.0. The minimum atomic E-state index is -0.239. The molecule has 2 heterocycles. The molecule has 1 amide bonds. The largest absolute Gasteiger partial charge is 0.387 e. The smallest absolute Gasteiger partial charge is 0.272 e. The molecule has 0 fully saturated rings. The molecule has 126 valence electrons. The van der Waals surface area contributed by atoms with Crippen LogP contribution in [0.25, 0.3) is 0 Å². The molecule has 1 aliphatic rings. The molecule has 3 rings (SSSR count). The number of hydrogen-bond donors (Lipinski definition) is 0. The van der Waals surface area contributed by atoms with Crippen LogP contribution in [0, 0.1) is 11.3 Å². The number of pyridine rings is 1. The van der Waals surface area contributed by atoms with E-state index in [1.807, 2.05) is 42.5 Å². The Morgan fingerprint density at radius 3 is 2.84 bits per heavy atom. The summed E-state index contributed by atoms with van der Waals surface area (Å²) in [6, 6.07) is 15.5. The van der Waals surface area contributed by atoms with E-state index in [2.05, 4.69) is 16.2 Å². The summed E-state index contributed by atoms with van der Waals surface area (Å²) in [7, 11) is 0. The van der Waals surface area contributed by atoms with E-state index < -0.39 is 0 Å². The standard InChI is InChI=1S/C19H18N4O2/c20-9-5-11-23(14-15-6-4-10-21-13-15)19(24)17-12-18(25-22-17)16-7-2-1-3-8-16/h1-4,6-8,10,13,18H,5,11-12,14H2/t18-/m0/s1. The Morgan fingerprint density at radius 2 is 2.12 bits per heavy atom. The van der Waals surface area contributed by atoms with Crippen molar-refractivity contribution < 1.29 is 9.63 Å². The van der Waals surface area contributed by atoms with Gasteiger partial charge in [0, 0.05) is 31.9 Å². The fourth-order valence-corrected chi connectivity index (χ4v) is 2.68. The summed E-state index contributed by atoms with van der Waals surface area (Å²) >= 11 is 0. The minimum absolute atomic E-state index is 0.197. The molecule has 25 heavy (non-hydrogen) atoms. The number of rotatable bonds is 6. The number of carbonyl (C=O) groups is 1. The highest BCUT2D eigenvalue weighted by Crippen LogP contribution is 2.27. The van der Waals surface area contributed by atoms with Gasteiger partial charge in [0.25, 0.3) is 5.91 Å². The Morgan fingerprint density at radius 1 is 1.28 bits per heavy atom. The van der Waals surface area contributed by atoms with Crippen LogP contribution in [0.1, 0.15) is 30.1 Å². The van der Waals surface area contributed by atoms with Crippen LogP contribution in [0.4, 0.5) is 0 Å². The summed E-state index contributed by atoms with van der Waals surface area (Å²) in [5.41, 5.74) is 2.29. The molecule has 1 aliphatic heterocycles. The second-order valence-corrected chi connectivity index (χ2v) is 5.74. The molecule has 1 atom stereocenters. The van der Waals surface area contributed by atoms with Crippen LogP contribution in [0.15, 0.2) is 60.0 Å². The molecule has 0 unspecified atom stereocenters. The zero-order valence-electron chi connectivity index (χ0n) is 13.7. The molecular formula is C19H18N4O2. The molecular weight excluding hydrogens is 316 g/mol. The maximum atomic E-state index is 12.8. The molecule has 0 radical (unpaired) electrons. The second-order valence-electron chi connectivity index (χ2n) is 5.74. The van der Waals surface area contributed by atoms with E-state index in [0.29, 0.717) is 25.2 Å². The lowest BCUT2D eigenvalue weighted by Crippen LogP contribution is -2.36. The number of carbonyl (C=O) groups excluding carboxylic acids is 1. The molecule has 1 aromatic heterocycles. The molecule has 6 heteroatoms. The molecule has 0 saturated carbocycles. The van der Waals surface area contributed by atoms with Crippen molar-refractivity contribution in [3.8, 4) is 6.07 Å². The highest BCUT2D eigenvalue weighted by atomic mass is 16.6. The van der Waals surface area contributed by atoms with E-state index >= 15 is 0 Å². The van der Waals surface area contributed by atoms with E-state index in [9.17, 15) is 4.79 Å². The third-order valence-corrected chi connectivity index (χ3v) is 3.96. The molecule has 0 bridgehead atoms. The highest BCUT2D eigenvalue weighted by Gasteiger charge is 2.30. The monoisotopic (exact) mass is 334 g/mol. The molecule has 0 spiro atoms. The van der Waals surface area contributed by atoms with Gasteiger partial charge >= 0.3 is 0 Å². The van der Waals surface area contributed by atoms with Gasteiger partial charge in [-0.3, -0.25) is 9.78 Å². The van der Waals surface area contributed by atoms with Crippen molar-refractivity contribution in [3.63, 3.8) is 0 Å². The van der Waals surface area contributed by atoms with Crippen LogP contribution < -0.4 is 0 Å². The van der Waals surface area contributed by atoms with Gasteiger partial charge in [0.1, 0.15) is 5.71 Å². The first-order valence-electron chi connectivity index (χ1n) is 8.10. The van der Waals surface area contributed by atoms with Crippen molar-refractivity contribution in [2.75, 3.05) is 6.54 Å². The van der Waals surface area contributed by atoms with Gasteiger partial charge in [0.2, 0.25) is 0 Å². The fourth-order valence-electron chi connectivity index (χ4n) is 2.68. The summed E-state index contributed by atoms with van der Waals surface area (Å²) in [6.45, 7) is 0.739. The van der Waals surface area contributed by atoms with Gasteiger partial charge in [-0.1, -0.05) is 41.6 Å². The van der Waals surface area contributed by atoms with Crippen LogP contribution >= 0.6 is 0 Å². The van der Waals surface area contributed by atoms with Gasteiger partial charge in [0.15, 0.2) is 6.10 Å². The second kappa shape index (κ2) is 8.06. The Bertz CT molecular complexity index is 784. The summed E-state index contributed by atoms with van der Waals surface area (Å²) in [5, 5.41) is 12.9. The Hall–Kier alpha value is -3.20. The molecule has 0 aliphatic carbocycles. The van der Waals surface area contributed by atoms with E-state index in [4.69, 9.17) is 10.1 Å². The maximum Gasteiger partial charge on any atom is 0.272 e. The Labute approximate surface area is 146 Å². The predicted octanol–water partition coefficient (Wildman–Crippen LogP) is 2.84. The number of benzene rings is 1. The molecule has 0 saturated heterocycles. The van der Waals surface area contributed by atoms with E-state index in [0.717, 1.165) is 11.1 Å². The normalized spacial score (nSPS) is 15.8. The van der Waals surface area contributed by atoms with E-state index in [-0.39, 0.29) is 18.4 Å². The van der Waals surface area contributed by atoms with Crippen molar-refractivity contribution >= 4 is 11.6 Å². The first kappa shape index (κ1) is 16.7. The zero-order valence-corrected chi connectivity index (χ0v) is 13.7. The quantitative estimate of drug-likeness (QED) is 0.814. The summed E-state index contributed by atoms with van der Waals surface area (Å²) in [6.07, 6.45) is 3.86. The molecule has 6 nitrogen and oxygen atoms in total. The van der Waals surface area contributed by atoms with Crippen molar-refractivity contribution in [3.05, 3.63) is 66.0 Å². The topological polar surface area (TPSA) is 78.6 Å². The number of oxime groups is 1. The summed E-state index contributed by atoms with van der Waals surface area (Å²) < 4.78 is 0. The third kappa shape index (κ3) is 4.21. The molecule has 1 aromatic carbocycles. The van der Waals surface area contributed by atoms with Gasteiger partial charge in [-0.25, -0.2) is 0 Å². The van der Waals surface area contributed by atoms with Gasteiger partial charge in [-0.2, -0.15) is 5.26 Å². The number of hydrogen-bond acceptors (Lipinski definition) is 5. The van der Waals surface area contributed by atoms with Gasteiger partial charge in [-0.15, -0.1) is 0 Å². The van der Waals surface area contributed by atoms with Crippen LogP contribution in [0.5, 0.6) is 0 Å². The van der Waals surface area contributed by atoms with Gasteiger partial charge < -0.3 is 9.74 Å². The first-order chi connectivity index (χ1) is 12.3. The van der Waals surface area contributed by atoms with Gasteiger partial charge in [0.05, 0.1) is 12.5 Å².